The monoisotopic (exact) mass is 361 g/mol. The standard InChI is InChI=1S/C22H23N3O2/c1-16-8-9-19(14-17(16)2)20-10-11-22(27)25(24-20)13-12-21(26)23-15-18-6-4-3-5-7-18/h3-11,14H,12-13,15H2,1-2H3,(H,23,26). The molecule has 0 radical (unpaired) electrons. The van der Waals surface area contributed by atoms with Crippen LogP contribution < -0.4 is 10.9 Å². The minimum atomic E-state index is -0.210. The molecule has 0 spiro atoms. The fourth-order valence-electron chi connectivity index (χ4n) is 2.76. The van der Waals surface area contributed by atoms with Gasteiger partial charge in [0.1, 0.15) is 0 Å². The van der Waals surface area contributed by atoms with E-state index in [0.717, 1.165) is 16.8 Å². The molecule has 5 nitrogen and oxygen atoms in total. The van der Waals surface area contributed by atoms with Crippen molar-refractivity contribution < 1.29 is 4.79 Å². The summed E-state index contributed by atoms with van der Waals surface area (Å²) in [6, 6.07) is 19.0. The molecule has 1 N–H and O–H groups in total. The quantitative estimate of drug-likeness (QED) is 0.733. The van der Waals surface area contributed by atoms with E-state index in [0.29, 0.717) is 6.54 Å². The second kappa shape index (κ2) is 8.45. The molecule has 0 unspecified atom stereocenters. The highest BCUT2D eigenvalue weighted by Gasteiger charge is 2.07. The van der Waals surface area contributed by atoms with Crippen LogP contribution in [-0.4, -0.2) is 15.7 Å². The smallest absolute Gasteiger partial charge is 0.266 e. The fraction of sp³-hybridized carbons (Fsp3) is 0.227. The Kier molecular flexibility index (Phi) is 5.81. The first-order valence-electron chi connectivity index (χ1n) is 8.99. The zero-order chi connectivity index (χ0) is 19.2. The van der Waals surface area contributed by atoms with Gasteiger partial charge in [-0.2, -0.15) is 5.10 Å². The van der Waals surface area contributed by atoms with Crippen molar-refractivity contribution in [1.82, 2.24) is 15.1 Å². The molecule has 3 rings (SSSR count). The Bertz CT molecular complexity index is 994. The van der Waals surface area contributed by atoms with Crippen molar-refractivity contribution in [2.75, 3.05) is 0 Å². The van der Waals surface area contributed by atoms with Gasteiger partial charge < -0.3 is 5.32 Å². The molecule has 3 aromatic rings. The summed E-state index contributed by atoms with van der Waals surface area (Å²) in [5.74, 6) is -0.107. The van der Waals surface area contributed by atoms with Crippen LogP contribution in [0.1, 0.15) is 23.1 Å². The zero-order valence-corrected chi connectivity index (χ0v) is 15.6. The highest BCUT2D eigenvalue weighted by atomic mass is 16.2. The number of nitrogens with one attached hydrogen (secondary N) is 1. The summed E-state index contributed by atoms with van der Waals surface area (Å²) in [4.78, 5) is 24.2. The van der Waals surface area contributed by atoms with E-state index in [1.807, 2.05) is 49.4 Å². The van der Waals surface area contributed by atoms with Crippen LogP contribution >= 0.6 is 0 Å². The van der Waals surface area contributed by atoms with Crippen molar-refractivity contribution in [2.24, 2.45) is 0 Å². The first-order valence-corrected chi connectivity index (χ1v) is 8.99. The second-order valence-corrected chi connectivity index (χ2v) is 6.59. The molecule has 1 amide bonds. The molecule has 0 aliphatic rings. The molecule has 0 aliphatic heterocycles. The molecule has 5 heteroatoms. The molecule has 1 aromatic heterocycles. The maximum Gasteiger partial charge on any atom is 0.266 e. The summed E-state index contributed by atoms with van der Waals surface area (Å²) < 4.78 is 1.35. The second-order valence-electron chi connectivity index (χ2n) is 6.59. The van der Waals surface area contributed by atoms with Crippen molar-refractivity contribution in [3.8, 4) is 11.3 Å². The van der Waals surface area contributed by atoms with E-state index in [-0.39, 0.29) is 24.4 Å². The molecule has 2 aromatic carbocycles. The van der Waals surface area contributed by atoms with Gasteiger partial charge in [0.2, 0.25) is 5.91 Å². The van der Waals surface area contributed by atoms with Gasteiger partial charge in [-0.1, -0.05) is 42.5 Å². The van der Waals surface area contributed by atoms with E-state index in [4.69, 9.17) is 0 Å². The van der Waals surface area contributed by atoms with Gasteiger partial charge in [0.05, 0.1) is 12.2 Å². The molecule has 0 fully saturated rings. The number of aryl methyl sites for hydroxylation is 3. The largest absolute Gasteiger partial charge is 0.352 e. The molecule has 0 saturated heterocycles. The first kappa shape index (κ1) is 18.6. The predicted octanol–water partition coefficient (Wildman–Crippen LogP) is 3.23. The van der Waals surface area contributed by atoms with Gasteiger partial charge in [-0.15, -0.1) is 0 Å². The van der Waals surface area contributed by atoms with Crippen LogP contribution in [0.25, 0.3) is 11.3 Å². The summed E-state index contributed by atoms with van der Waals surface area (Å²) in [5.41, 5.74) is 4.90. The number of carbonyl (C=O) groups excluding carboxylic acids is 1. The Morgan fingerprint density at radius 3 is 2.52 bits per heavy atom. The third-order valence-electron chi connectivity index (χ3n) is 4.55. The van der Waals surface area contributed by atoms with Crippen LogP contribution in [0.2, 0.25) is 0 Å². The molecule has 27 heavy (non-hydrogen) atoms. The predicted molar refractivity (Wildman–Crippen MR) is 106 cm³/mol. The van der Waals surface area contributed by atoms with Gasteiger partial charge in [0, 0.05) is 24.6 Å². The van der Waals surface area contributed by atoms with Crippen LogP contribution in [0.3, 0.4) is 0 Å². The number of carbonyl (C=O) groups is 1. The molecular formula is C22H23N3O2. The SMILES string of the molecule is Cc1ccc(-c2ccc(=O)n(CCC(=O)NCc3ccccc3)n2)cc1C. The number of hydrogen-bond donors (Lipinski definition) is 1. The summed E-state index contributed by atoms with van der Waals surface area (Å²) >= 11 is 0. The number of rotatable bonds is 6. The Morgan fingerprint density at radius 1 is 1.00 bits per heavy atom. The molecule has 0 atom stereocenters. The van der Waals surface area contributed by atoms with E-state index in [9.17, 15) is 9.59 Å². The Hall–Kier alpha value is -3.21. The molecule has 0 saturated carbocycles. The summed E-state index contributed by atoms with van der Waals surface area (Å²) in [7, 11) is 0. The number of hydrogen-bond acceptors (Lipinski definition) is 3. The van der Waals surface area contributed by atoms with Crippen molar-refractivity contribution in [1.29, 1.82) is 0 Å². The maximum atomic E-state index is 12.1. The van der Waals surface area contributed by atoms with Crippen molar-refractivity contribution in [2.45, 2.75) is 33.4 Å². The third kappa shape index (κ3) is 4.91. The van der Waals surface area contributed by atoms with E-state index in [2.05, 4.69) is 23.4 Å². The van der Waals surface area contributed by atoms with Crippen LogP contribution in [0, 0.1) is 13.8 Å². The summed E-state index contributed by atoms with van der Waals surface area (Å²) in [6.07, 6.45) is 0.204. The van der Waals surface area contributed by atoms with Crippen LogP contribution in [0.15, 0.2) is 65.5 Å². The molecule has 0 bridgehead atoms. The lowest BCUT2D eigenvalue weighted by Crippen LogP contribution is -2.28. The highest BCUT2D eigenvalue weighted by molar-refractivity contribution is 5.75. The van der Waals surface area contributed by atoms with Crippen molar-refractivity contribution >= 4 is 5.91 Å². The van der Waals surface area contributed by atoms with E-state index < -0.39 is 0 Å². The summed E-state index contributed by atoms with van der Waals surface area (Å²) in [6.45, 7) is 4.83. The Morgan fingerprint density at radius 2 is 1.78 bits per heavy atom. The maximum absolute atomic E-state index is 12.1. The van der Waals surface area contributed by atoms with E-state index in [1.165, 1.54) is 21.9 Å². The average molecular weight is 361 g/mol. The van der Waals surface area contributed by atoms with Gasteiger partial charge in [-0.05, 0) is 42.7 Å². The van der Waals surface area contributed by atoms with Crippen LogP contribution in [-0.2, 0) is 17.9 Å². The lowest BCUT2D eigenvalue weighted by atomic mass is 10.0. The average Bonchev–Trinajstić information content (AvgIpc) is 2.68. The van der Waals surface area contributed by atoms with Crippen molar-refractivity contribution in [3.05, 3.63) is 87.7 Å². The minimum Gasteiger partial charge on any atom is -0.352 e. The molecular weight excluding hydrogens is 338 g/mol. The number of nitrogens with zero attached hydrogens (tertiary/aromatic N) is 2. The normalized spacial score (nSPS) is 10.6. The lowest BCUT2D eigenvalue weighted by Gasteiger charge is -2.09. The summed E-state index contributed by atoms with van der Waals surface area (Å²) in [5, 5.41) is 7.29. The number of benzene rings is 2. The van der Waals surface area contributed by atoms with Gasteiger partial charge in [0.15, 0.2) is 0 Å². The van der Waals surface area contributed by atoms with Gasteiger partial charge >= 0.3 is 0 Å². The molecule has 0 aliphatic carbocycles. The van der Waals surface area contributed by atoms with Crippen LogP contribution in [0.5, 0.6) is 0 Å². The first-order chi connectivity index (χ1) is 13.0. The van der Waals surface area contributed by atoms with Crippen LogP contribution in [0.4, 0.5) is 0 Å². The van der Waals surface area contributed by atoms with Crippen molar-refractivity contribution in [3.63, 3.8) is 0 Å². The fourth-order valence-corrected chi connectivity index (χ4v) is 2.76. The lowest BCUT2D eigenvalue weighted by molar-refractivity contribution is -0.121. The Labute approximate surface area is 158 Å². The van der Waals surface area contributed by atoms with E-state index >= 15 is 0 Å². The van der Waals surface area contributed by atoms with E-state index in [1.54, 1.807) is 6.07 Å². The Balaban J connectivity index is 1.65. The highest BCUT2D eigenvalue weighted by Crippen LogP contribution is 2.19. The number of amides is 1. The molecule has 1 heterocycles. The number of aromatic nitrogens is 2. The van der Waals surface area contributed by atoms with Gasteiger partial charge in [-0.25, -0.2) is 4.68 Å². The van der Waals surface area contributed by atoms with Gasteiger partial charge in [-0.3, -0.25) is 9.59 Å². The topological polar surface area (TPSA) is 64.0 Å². The third-order valence-corrected chi connectivity index (χ3v) is 4.55. The minimum absolute atomic E-state index is 0.107. The molecule has 138 valence electrons. The van der Waals surface area contributed by atoms with Gasteiger partial charge in [0.25, 0.3) is 5.56 Å². The zero-order valence-electron chi connectivity index (χ0n) is 15.6.